The van der Waals surface area contributed by atoms with E-state index in [1.54, 1.807) is 25.1 Å². The van der Waals surface area contributed by atoms with Crippen LogP contribution >= 0.6 is 0 Å². The summed E-state index contributed by atoms with van der Waals surface area (Å²) in [6, 6.07) is 7.04. The predicted octanol–water partition coefficient (Wildman–Crippen LogP) is 2.48. The van der Waals surface area contributed by atoms with Crippen LogP contribution in [0.1, 0.15) is 37.0 Å². The predicted molar refractivity (Wildman–Crippen MR) is 75.5 cm³/mol. The molecule has 0 bridgehead atoms. The molecule has 4 nitrogen and oxygen atoms in total. The lowest BCUT2D eigenvalue weighted by molar-refractivity contribution is 0.0978. The summed E-state index contributed by atoms with van der Waals surface area (Å²) in [5.41, 5.74) is 0.526. The molecule has 0 amide bonds. The lowest BCUT2D eigenvalue weighted by Gasteiger charge is -2.08. The number of carbonyl (C=O) groups excluding carboxylic acids is 1. The molecule has 0 heterocycles. The summed E-state index contributed by atoms with van der Waals surface area (Å²) in [6.45, 7) is 3.96. The Morgan fingerprint density at radius 2 is 1.89 bits per heavy atom. The van der Waals surface area contributed by atoms with Gasteiger partial charge in [-0.15, -0.1) is 0 Å². The van der Waals surface area contributed by atoms with E-state index in [4.69, 9.17) is 4.74 Å². The van der Waals surface area contributed by atoms with Crippen molar-refractivity contribution < 1.29 is 17.9 Å². The zero-order valence-corrected chi connectivity index (χ0v) is 12.2. The minimum atomic E-state index is -3.00. The maximum absolute atomic E-state index is 12.0. The van der Waals surface area contributed by atoms with Crippen molar-refractivity contribution in [3.8, 4) is 5.75 Å². The van der Waals surface area contributed by atoms with Gasteiger partial charge in [0.15, 0.2) is 5.78 Å². The molecule has 0 saturated heterocycles. The van der Waals surface area contributed by atoms with E-state index in [0.29, 0.717) is 24.3 Å². The SMILES string of the molecule is CCOc1ccccc1C(=O)CCCS(=O)(=O)CC. The smallest absolute Gasteiger partial charge is 0.166 e. The summed E-state index contributed by atoms with van der Waals surface area (Å²) in [5.74, 6) is 0.673. The zero-order valence-electron chi connectivity index (χ0n) is 11.4. The van der Waals surface area contributed by atoms with Crippen LogP contribution < -0.4 is 4.74 Å². The van der Waals surface area contributed by atoms with E-state index >= 15 is 0 Å². The Morgan fingerprint density at radius 3 is 2.53 bits per heavy atom. The van der Waals surface area contributed by atoms with Crippen LogP contribution in [0.15, 0.2) is 24.3 Å². The molecule has 0 N–H and O–H groups in total. The molecule has 1 aromatic carbocycles. The van der Waals surface area contributed by atoms with E-state index in [2.05, 4.69) is 0 Å². The number of ketones is 1. The lowest BCUT2D eigenvalue weighted by atomic mass is 10.1. The molecule has 5 heteroatoms. The normalized spacial score (nSPS) is 11.3. The van der Waals surface area contributed by atoms with Crippen molar-refractivity contribution in [1.82, 2.24) is 0 Å². The topological polar surface area (TPSA) is 60.4 Å². The van der Waals surface area contributed by atoms with Gasteiger partial charge in [-0.25, -0.2) is 8.42 Å². The third-order valence-electron chi connectivity index (χ3n) is 2.79. The first kappa shape index (κ1) is 15.7. The third kappa shape index (κ3) is 5.03. The minimum Gasteiger partial charge on any atom is -0.493 e. The maximum Gasteiger partial charge on any atom is 0.166 e. The van der Waals surface area contributed by atoms with Crippen LogP contribution in [-0.4, -0.2) is 32.3 Å². The molecule has 0 spiro atoms. The minimum absolute atomic E-state index is 0.0615. The molecule has 0 radical (unpaired) electrons. The van der Waals surface area contributed by atoms with E-state index in [0.717, 1.165) is 0 Å². The number of benzene rings is 1. The second-order valence-electron chi connectivity index (χ2n) is 4.19. The Kier molecular flexibility index (Phi) is 6.02. The Balaban J connectivity index is 2.64. The first-order valence-corrected chi connectivity index (χ1v) is 8.27. The number of rotatable bonds is 8. The quantitative estimate of drug-likeness (QED) is 0.688. The second-order valence-corrected chi connectivity index (χ2v) is 6.67. The first-order valence-electron chi connectivity index (χ1n) is 6.45. The van der Waals surface area contributed by atoms with E-state index in [1.165, 1.54) is 0 Å². The highest BCUT2D eigenvalue weighted by Gasteiger charge is 2.13. The number of para-hydroxylation sites is 1. The molecule has 0 aliphatic heterocycles. The van der Waals surface area contributed by atoms with Gasteiger partial charge >= 0.3 is 0 Å². The van der Waals surface area contributed by atoms with Crippen molar-refractivity contribution in [3.05, 3.63) is 29.8 Å². The summed E-state index contributed by atoms with van der Waals surface area (Å²) < 4.78 is 28.1. The van der Waals surface area contributed by atoms with E-state index < -0.39 is 9.84 Å². The molecule has 19 heavy (non-hydrogen) atoms. The molecule has 106 valence electrons. The van der Waals surface area contributed by atoms with Crippen molar-refractivity contribution in [2.24, 2.45) is 0 Å². The highest BCUT2D eigenvalue weighted by molar-refractivity contribution is 7.91. The number of carbonyl (C=O) groups is 1. The number of hydrogen-bond acceptors (Lipinski definition) is 4. The maximum atomic E-state index is 12.0. The molecule has 0 unspecified atom stereocenters. The number of ether oxygens (including phenoxy) is 1. The zero-order chi connectivity index (χ0) is 14.3. The first-order chi connectivity index (χ1) is 9.00. The van der Waals surface area contributed by atoms with Crippen LogP contribution in [-0.2, 0) is 9.84 Å². The largest absolute Gasteiger partial charge is 0.493 e. The molecule has 0 saturated carbocycles. The average molecular weight is 284 g/mol. The van der Waals surface area contributed by atoms with Crippen LogP contribution in [0.3, 0.4) is 0 Å². The Labute approximate surface area is 114 Å². The Bertz CT molecular complexity index is 520. The Morgan fingerprint density at radius 1 is 1.21 bits per heavy atom. The molecule has 0 fully saturated rings. The average Bonchev–Trinajstić information content (AvgIpc) is 2.39. The van der Waals surface area contributed by atoms with Crippen LogP contribution in [0, 0.1) is 0 Å². The highest BCUT2D eigenvalue weighted by atomic mass is 32.2. The summed E-state index contributed by atoms with van der Waals surface area (Å²) in [5, 5.41) is 0. The highest BCUT2D eigenvalue weighted by Crippen LogP contribution is 2.20. The molecular formula is C14H20O4S. The number of sulfone groups is 1. The molecule has 0 aliphatic carbocycles. The molecular weight excluding hydrogens is 264 g/mol. The summed E-state index contributed by atoms with van der Waals surface area (Å²) in [7, 11) is -3.00. The van der Waals surface area contributed by atoms with Crippen molar-refractivity contribution in [3.63, 3.8) is 0 Å². The summed E-state index contributed by atoms with van der Waals surface area (Å²) in [4.78, 5) is 12.0. The van der Waals surface area contributed by atoms with Gasteiger partial charge in [-0.05, 0) is 25.5 Å². The summed E-state index contributed by atoms with van der Waals surface area (Å²) >= 11 is 0. The van der Waals surface area contributed by atoms with Gasteiger partial charge in [-0.2, -0.15) is 0 Å². The standard InChI is InChI=1S/C14H20O4S/c1-3-18-14-10-6-5-8-12(14)13(15)9-7-11-19(16,17)4-2/h5-6,8,10H,3-4,7,9,11H2,1-2H3. The molecule has 1 aromatic rings. The number of hydrogen-bond donors (Lipinski definition) is 0. The van der Waals surface area contributed by atoms with Gasteiger partial charge in [-0.1, -0.05) is 19.1 Å². The Hall–Kier alpha value is -1.36. The van der Waals surface area contributed by atoms with Crippen molar-refractivity contribution >= 4 is 15.6 Å². The monoisotopic (exact) mass is 284 g/mol. The van der Waals surface area contributed by atoms with Gasteiger partial charge < -0.3 is 4.74 Å². The van der Waals surface area contributed by atoms with Crippen LogP contribution in [0.4, 0.5) is 0 Å². The van der Waals surface area contributed by atoms with Gasteiger partial charge in [0.25, 0.3) is 0 Å². The van der Waals surface area contributed by atoms with Crippen molar-refractivity contribution in [1.29, 1.82) is 0 Å². The van der Waals surface area contributed by atoms with Gasteiger partial charge in [0.1, 0.15) is 15.6 Å². The van der Waals surface area contributed by atoms with Gasteiger partial charge in [0.05, 0.1) is 17.9 Å². The van der Waals surface area contributed by atoms with E-state index in [9.17, 15) is 13.2 Å². The van der Waals surface area contributed by atoms with E-state index in [-0.39, 0.29) is 23.7 Å². The summed E-state index contributed by atoms with van der Waals surface area (Å²) in [6.07, 6.45) is 0.582. The van der Waals surface area contributed by atoms with E-state index in [1.807, 2.05) is 13.0 Å². The fourth-order valence-corrected chi connectivity index (χ4v) is 2.58. The van der Waals surface area contributed by atoms with Gasteiger partial charge in [-0.3, -0.25) is 4.79 Å². The fraction of sp³-hybridized carbons (Fsp3) is 0.500. The molecule has 0 aromatic heterocycles. The van der Waals surface area contributed by atoms with Crippen molar-refractivity contribution in [2.75, 3.05) is 18.1 Å². The van der Waals surface area contributed by atoms with Crippen molar-refractivity contribution in [2.45, 2.75) is 26.7 Å². The van der Waals surface area contributed by atoms with Crippen LogP contribution in [0.25, 0.3) is 0 Å². The van der Waals surface area contributed by atoms with Gasteiger partial charge in [0, 0.05) is 12.2 Å². The molecule has 1 rings (SSSR count). The second kappa shape index (κ2) is 7.28. The third-order valence-corrected chi connectivity index (χ3v) is 4.58. The van der Waals surface area contributed by atoms with Crippen LogP contribution in [0.2, 0.25) is 0 Å². The molecule has 0 aliphatic rings. The molecule has 0 atom stereocenters. The lowest BCUT2D eigenvalue weighted by Crippen LogP contribution is -2.11. The van der Waals surface area contributed by atoms with Gasteiger partial charge in [0.2, 0.25) is 0 Å². The van der Waals surface area contributed by atoms with Crippen LogP contribution in [0.5, 0.6) is 5.75 Å². The fourth-order valence-electron chi connectivity index (χ4n) is 1.71. The number of Topliss-reactive ketones (excluding diaryl/α,β-unsaturated/α-hetero) is 1.